The molecule has 0 saturated heterocycles. The van der Waals surface area contributed by atoms with Gasteiger partial charge in [-0.05, 0) is 93.8 Å². The Hall–Kier alpha value is -1.74. The van der Waals surface area contributed by atoms with Gasteiger partial charge in [0.25, 0.3) is 0 Å². The summed E-state index contributed by atoms with van der Waals surface area (Å²) in [4.78, 5) is 13.3. The van der Waals surface area contributed by atoms with Crippen LogP contribution in [0.2, 0.25) is 0 Å². The standard InChI is InChI=1S/C26H36FN3O2/c1-24(32)9-10-26(16-27)18(11-24)3-4-19-20-5-6-22(25(20,2)8-7-21(19)26)23(31)15-30-14-17(12-28)13-29-30/h13-14,18-22,32H,3-11,15-16H2,1-2H3/t18-,19-,20-,21?,22+,24+,25-,26+/m0/s1. The van der Waals surface area contributed by atoms with Crippen LogP contribution in [-0.2, 0) is 11.3 Å². The summed E-state index contributed by atoms with van der Waals surface area (Å²) in [6.07, 6.45) is 11.5. The molecular formula is C26H36FN3O2. The first-order chi connectivity index (χ1) is 15.2. The van der Waals surface area contributed by atoms with E-state index in [9.17, 15) is 14.3 Å². The summed E-state index contributed by atoms with van der Waals surface area (Å²) in [5.41, 5.74) is -0.457. The predicted octanol–water partition coefficient (Wildman–Crippen LogP) is 4.68. The zero-order valence-corrected chi connectivity index (χ0v) is 19.4. The van der Waals surface area contributed by atoms with E-state index in [1.54, 1.807) is 10.9 Å². The quantitative estimate of drug-likeness (QED) is 0.736. The number of ketones is 1. The first kappa shape index (κ1) is 22.1. The fourth-order valence-corrected chi connectivity index (χ4v) is 8.80. The van der Waals surface area contributed by atoms with Gasteiger partial charge in [0.15, 0.2) is 5.78 Å². The van der Waals surface area contributed by atoms with Crippen LogP contribution in [0.4, 0.5) is 4.39 Å². The second-order valence-electron chi connectivity index (χ2n) is 11.9. The van der Waals surface area contributed by atoms with E-state index in [-0.39, 0.29) is 41.7 Å². The molecule has 0 radical (unpaired) electrons. The molecule has 1 N–H and O–H groups in total. The molecule has 4 fully saturated rings. The van der Waals surface area contributed by atoms with Gasteiger partial charge in [-0.1, -0.05) is 6.92 Å². The van der Waals surface area contributed by atoms with Crippen molar-refractivity contribution in [2.24, 2.45) is 40.4 Å². The summed E-state index contributed by atoms with van der Waals surface area (Å²) in [5.74, 6) is 1.90. The average molecular weight is 442 g/mol. The van der Waals surface area contributed by atoms with Gasteiger partial charge in [0.1, 0.15) is 6.07 Å². The van der Waals surface area contributed by atoms with E-state index in [0.717, 1.165) is 51.4 Å². The number of hydrogen-bond acceptors (Lipinski definition) is 4. The molecule has 1 unspecified atom stereocenters. The number of nitrogens with zero attached hydrogens (tertiary/aromatic N) is 3. The van der Waals surface area contributed by atoms with E-state index < -0.39 is 5.60 Å². The van der Waals surface area contributed by atoms with Crippen molar-refractivity contribution in [1.29, 1.82) is 5.26 Å². The van der Waals surface area contributed by atoms with E-state index in [2.05, 4.69) is 18.1 Å². The van der Waals surface area contributed by atoms with Gasteiger partial charge in [-0.3, -0.25) is 13.9 Å². The van der Waals surface area contributed by atoms with Gasteiger partial charge < -0.3 is 5.11 Å². The smallest absolute Gasteiger partial charge is 0.157 e. The Morgan fingerprint density at radius 3 is 2.75 bits per heavy atom. The second-order valence-corrected chi connectivity index (χ2v) is 11.9. The van der Waals surface area contributed by atoms with Crippen LogP contribution < -0.4 is 0 Å². The van der Waals surface area contributed by atoms with Crippen LogP contribution in [0.5, 0.6) is 0 Å². The third kappa shape index (κ3) is 3.26. The number of rotatable bonds is 4. The molecule has 0 bridgehead atoms. The van der Waals surface area contributed by atoms with E-state index in [4.69, 9.17) is 5.26 Å². The lowest BCUT2D eigenvalue weighted by molar-refractivity contribution is -0.163. The maximum atomic E-state index is 14.8. The molecule has 4 aliphatic rings. The molecule has 8 atom stereocenters. The Labute approximate surface area is 190 Å². The molecule has 1 aromatic rings. The predicted molar refractivity (Wildman–Crippen MR) is 118 cm³/mol. The maximum Gasteiger partial charge on any atom is 0.157 e. The van der Waals surface area contributed by atoms with Gasteiger partial charge in [0.05, 0.1) is 30.6 Å². The number of halogens is 1. The van der Waals surface area contributed by atoms with Crippen molar-refractivity contribution in [3.8, 4) is 6.07 Å². The average Bonchev–Trinajstić information content (AvgIpc) is 3.36. The lowest BCUT2D eigenvalue weighted by atomic mass is 9.43. The largest absolute Gasteiger partial charge is 0.390 e. The van der Waals surface area contributed by atoms with Gasteiger partial charge in [-0.25, -0.2) is 0 Å². The maximum absolute atomic E-state index is 14.8. The number of aromatic nitrogens is 2. The van der Waals surface area contributed by atoms with Crippen LogP contribution in [0.1, 0.15) is 77.2 Å². The van der Waals surface area contributed by atoms with Crippen LogP contribution in [0.15, 0.2) is 12.4 Å². The topological polar surface area (TPSA) is 78.9 Å². The van der Waals surface area contributed by atoms with Crippen molar-refractivity contribution in [3.05, 3.63) is 18.0 Å². The summed E-state index contributed by atoms with van der Waals surface area (Å²) < 4.78 is 16.4. The van der Waals surface area contributed by atoms with Crippen LogP contribution in [0, 0.1) is 51.8 Å². The number of carbonyl (C=O) groups is 1. The van der Waals surface area contributed by atoms with Crippen LogP contribution in [-0.4, -0.2) is 32.9 Å². The number of Topliss-reactive ketones (excluding diaryl/α,β-unsaturated/α-hetero) is 1. The third-order valence-electron chi connectivity index (χ3n) is 10.4. The highest BCUT2D eigenvalue weighted by Gasteiger charge is 2.63. The second kappa shape index (κ2) is 7.65. The first-order valence-electron chi connectivity index (χ1n) is 12.5. The highest BCUT2D eigenvalue weighted by molar-refractivity contribution is 5.82. The number of nitriles is 1. The number of aliphatic hydroxyl groups is 1. The van der Waals surface area contributed by atoms with Crippen molar-refractivity contribution in [2.45, 2.75) is 83.8 Å². The van der Waals surface area contributed by atoms with Crippen molar-refractivity contribution >= 4 is 5.78 Å². The molecule has 32 heavy (non-hydrogen) atoms. The summed E-state index contributed by atoms with van der Waals surface area (Å²) in [7, 11) is 0. The summed E-state index contributed by atoms with van der Waals surface area (Å²) >= 11 is 0. The lowest BCUT2D eigenvalue weighted by Crippen LogP contribution is -2.57. The number of carbonyl (C=O) groups excluding carboxylic acids is 1. The molecule has 0 spiro atoms. The normalized spacial score (nSPS) is 45.4. The van der Waals surface area contributed by atoms with Crippen molar-refractivity contribution in [3.63, 3.8) is 0 Å². The molecule has 5 rings (SSSR count). The van der Waals surface area contributed by atoms with Gasteiger partial charge in [0.2, 0.25) is 0 Å². The molecule has 4 aliphatic carbocycles. The highest BCUT2D eigenvalue weighted by Crippen LogP contribution is 2.68. The molecule has 0 aromatic carbocycles. The van der Waals surface area contributed by atoms with Crippen LogP contribution in [0.3, 0.4) is 0 Å². The molecule has 1 aromatic heterocycles. The minimum absolute atomic E-state index is 0.0199. The monoisotopic (exact) mass is 441 g/mol. The third-order valence-corrected chi connectivity index (χ3v) is 10.4. The first-order valence-corrected chi connectivity index (χ1v) is 12.5. The summed E-state index contributed by atoms with van der Waals surface area (Å²) in [6.45, 7) is 4.20. The molecule has 4 saturated carbocycles. The molecule has 1 heterocycles. The van der Waals surface area contributed by atoms with Crippen LogP contribution in [0.25, 0.3) is 0 Å². The zero-order valence-electron chi connectivity index (χ0n) is 19.4. The number of fused-ring (bicyclic) bond motifs is 5. The number of hydrogen-bond donors (Lipinski definition) is 1. The van der Waals surface area contributed by atoms with E-state index in [1.807, 2.05) is 6.92 Å². The Balaban J connectivity index is 1.35. The molecule has 6 heteroatoms. The molecular weight excluding hydrogens is 405 g/mol. The molecule has 0 aliphatic heterocycles. The Kier molecular flexibility index (Phi) is 5.28. The van der Waals surface area contributed by atoms with E-state index >= 15 is 0 Å². The van der Waals surface area contributed by atoms with Crippen LogP contribution >= 0.6 is 0 Å². The fraction of sp³-hybridized carbons (Fsp3) is 0.808. The Bertz CT molecular complexity index is 936. The fourth-order valence-electron chi connectivity index (χ4n) is 8.80. The van der Waals surface area contributed by atoms with Gasteiger partial charge >= 0.3 is 0 Å². The minimum atomic E-state index is -0.651. The van der Waals surface area contributed by atoms with Crippen molar-refractivity contribution < 1.29 is 14.3 Å². The van der Waals surface area contributed by atoms with Gasteiger partial charge in [-0.15, -0.1) is 0 Å². The highest BCUT2D eigenvalue weighted by atomic mass is 19.1. The summed E-state index contributed by atoms with van der Waals surface area (Å²) in [5, 5.41) is 23.9. The van der Waals surface area contributed by atoms with Gasteiger partial charge in [0, 0.05) is 17.5 Å². The van der Waals surface area contributed by atoms with Gasteiger partial charge in [-0.2, -0.15) is 10.4 Å². The van der Waals surface area contributed by atoms with E-state index in [0.29, 0.717) is 29.7 Å². The molecule has 5 nitrogen and oxygen atoms in total. The minimum Gasteiger partial charge on any atom is -0.390 e. The Morgan fingerprint density at radius 1 is 1.22 bits per heavy atom. The summed E-state index contributed by atoms with van der Waals surface area (Å²) in [6, 6.07) is 2.07. The Morgan fingerprint density at radius 2 is 2.03 bits per heavy atom. The molecule has 174 valence electrons. The SMILES string of the molecule is C[C@@]1(O)CC[C@]2(CF)C3CC[C@]4(C)[C@@H](C(=O)Cn5cc(C#N)cn5)CC[C@H]4[C@@H]3CC[C@H]2C1. The van der Waals surface area contributed by atoms with E-state index in [1.165, 1.54) is 6.20 Å². The lowest BCUT2D eigenvalue weighted by Gasteiger charge is -2.62. The van der Waals surface area contributed by atoms with Crippen molar-refractivity contribution in [2.75, 3.05) is 6.67 Å². The van der Waals surface area contributed by atoms with Crippen molar-refractivity contribution in [1.82, 2.24) is 9.78 Å². The molecule has 0 amide bonds. The zero-order chi connectivity index (χ0) is 22.7. The number of alkyl halides is 1.